The lowest BCUT2D eigenvalue weighted by atomic mass is 10.1. The van der Waals surface area contributed by atoms with Crippen LogP contribution in [-0.2, 0) is 4.74 Å². The van der Waals surface area contributed by atoms with E-state index in [4.69, 9.17) is 17.0 Å². The minimum Gasteiger partial charge on any atom is -0.379 e. The first-order valence-electron chi connectivity index (χ1n) is 5.49. The number of hydrogen-bond donors (Lipinski definition) is 1. The molecule has 1 fully saturated rings. The summed E-state index contributed by atoms with van der Waals surface area (Å²) >= 11 is 5.35. The number of H-pyrrole nitrogens is 1. The van der Waals surface area contributed by atoms with Gasteiger partial charge in [-0.1, -0.05) is 0 Å². The van der Waals surface area contributed by atoms with Crippen molar-refractivity contribution < 1.29 is 4.74 Å². The average molecular weight is 235 g/mol. The highest BCUT2D eigenvalue weighted by Gasteiger charge is 2.19. The maximum atomic E-state index is 5.50. The van der Waals surface area contributed by atoms with E-state index >= 15 is 0 Å². The van der Waals surface area contributed by atoms with Crippen molar-refractivity contribution in [2.24, 2.45) is 0 Å². The van der Waals surface area contributed by atoms with Crippen molar-refractivity contribution in [1.82, 2.24) is 14.5 Å². The molecule has 3 rings (SSSR count). The number of hydrogen-bond acceptors (Lipinski definition) is 3. The van der Waals surface area contributed by atoms with Crippen LogP contribution in [0.4, 0.5) is 0 Å². The van der Waals surface area contributed by atoms with E-state index in [0.29, 0.717) is 6.04 Å². The second kappa shape index (κ2) is 3.99. The molecule has 0 amide bonds. The molecule has 0 aromatic carbocycles. The highest BCUT2D eigenvalue weighted by atomic mass is 32.1. The Morgan fingerprint density at radius 3 is 3.31 bits per heavy atom. The van der Waals surface area contributed by atoms with Crippen LogP contribution in [0.2, 0.25) is 0 Å². The number of aromatic nitrogens is 3. The SMILES string of the molecule is S=c1[nH]c2cccnc2n1C1CCCOC1. The standard InChI is InChI=1S/C11H13N3OS/c16-11-13-9-4-1-5-12-10(9)14(11)8-3-2-6-15-7-8/h1,4-5,8H,2-3,6-7H2,(H,13,16). The van der Waals surface area contributed by atoms with Crippen molar-refractivity contribution in [2.45, 2.75) is 18.9 Å². The van der Waals surface area contributed by atoms with Gasteiger partial charge in [-0.2, -0.15) is 0 Å². The highest BCUT2D eigenvalue weighted by Crippen LogP contribution is 2.23. The van der Waals surface area contributed by atoms with Crippen LogP contribution in [0.25, 0.3) is 11.2 Å². The number of aromatic amines is 1. The number of pyridine rings is 1. The molecule has 1 N–H and O–H groups in total. The fourth-order valence-electron chi connectivity index (χ4n) is 2.22. The number of imidazole rings is 1. The van der Waals surface area contributed by atoms with Crippen LogP contribution in [0.3, 0.4) is 0 Å². The van der Waals surface area contributed by atoms with Crippen LogP contribution >= 0.6 is 12.2 Å². The summed E-state index contributed by atoms with van der Waals surface area (Å²) in [7, 11) is 0. The van der Waals surface area contributed by atoms with Gasteiger partial charge in [0.05, 0.1) is 18.2 Å². The molecule has 84 valence electrons. The smallest absolute Gasteiger partial charge is 0.179 e. The third-order valence-corrected chi connectivity index (χ3v) is 3.28. The number of nitrogens with one attached hydrogen (secondary N) is 1. The van der Waals surface area contributed by atoms with Gasteiger partial charge in [-0.25, -0.2) is 4.98 Å². The van der Waals surface area contributed by atoms with E-state index in [1.54, 1.807) is 6.20 Å². The molecule has 2 aromatic heterocycles. The van der Waals surface area contributed by atoms with E-state index in [0.717, 1.165) is 42.0 Å². The van der Waals surface area contributed by atoms with Crippen LogP contribution in [0.1, 0.15) is 18.9 Å². The van der Waals surface area contributed by atoms with Gasteiger partial charge < -0.3 is 9.72 Å². The molecular weight excluding hydrogens is 222 g/mol. The van der Waals surface area contributed by atoms with E-state index in [1.807, 2.05) is 12.1 Å². The summed E-state index contributed by atoms with van der Waals surface area (Å²) < 4.78 is 8.33. The molecule has 1 atom stereocenters. The van der Waals surface area contributed by atoms with E-state index in [1.165, 1.54) is 0 Å². The predicted octanol–water partition coefficient (Wildman–Crippen LogP) is 2.45. The van der Waals surface area contributed by atoms with Gasteiger partial charge in [0.2, 0.25) is 0 Å². The number of rotatable bonds is 1. The van der Waals surface area contributed by atoms with Crippen molar-refractivity contribution in [3.63, 3.8) is 0 Å². The average Bonchev–Trinajstić information content (AvgIpc) is 2.66. The van der Waals surface area contributed by atoms with Gasteiger partial charge in [0.1, 0.15) is 0 Å². The predicted molar refractivity (Wildman–Crippen MR) is 64.0 cm³/mol. The molecular formula is C11H13N3OS. The summed E-state index contributed by atoms with van der Waals surface area (Å²) in [6.07, 6.45) is 3.99. The second-order valence-corrected chi connectivity index (χ2v) is 4.43. The molecule has 0 aliphatic carbocycles. The summed E-state index contributed by atoms with van der Waals surface area (Å²) in [6.45, 7) is 1.59. The summed E-state index contributed by atoms with van der Waals surface area (Å²) in [6, 6.07) is 4.23. The molecule has 5 heteroatoms. The highest BCUT2D eigenvalue weighted by molar-refractivity contribution is 7.71. The van der Waals surface area contributed by atoms with Crippen LogP contribution in [0.15, 0.2) is 18.3 Å². The van der Waals surface area contributed by atoms with E-state index in [9.17, 15) is 0 Å². The number of ether oxygens (including phenoxy) is 1. The first kappa shape index (κ1) is 9.99. The maximum Gasteiger partial charge on any atom is 0.179 e. The molecule has 1 unspecified atom stereocenters. The van der Waals surface area contributed by atoms with Gasteiger partial charge >= 0.3 is 0 Å². The molecule has 0 radical (unpaired) electrons. The fourth-order valence-corrected chi connectivity index (χ4v) is 2.57. The van der Waals surface area contributed by atoms with Gasteiger partial charge in [0.25, 0.3) is 0 Å². The monoisotopic (exact) mass is 235 g/mol. The van der Waals surface area contributed by atoms with Gasteiger partial charge in [-0.15, -0.1) is 0 Å². The summed E-state index contributed by atoms with van der Waals surface area (Å²) in [5.41, 5.74) is 1.93. The summed E-state index contributed by atoms with van der Waals surface area (Å²) in [4.78, 5) is 7.57. The van der Waals surface area contributed by atoms with E-state index in [2.05, 4.69) is 14.5 Å². The Labute approximate surface area is 98.3 Å². The van der Waals surface area contributed by atoms with E-state index < -0.39 is 0 Å². The topological polar surface area (TPSA) is 42.8 Å². The normalized spacial score (nSPS) is 21.4. The fraction of sp³-hybridized carbons (Fsp3) is 0.455. The first-order chi connectivity index (χ1) is 7.86. The molecule has 16 heavy (non-hydrogen) atoms. The lowest BCUT2D eigenvalue weighted by Gasteiger charge is -2.23. The molecule has 2 aromatic rings. The minimum atomic E-state index is 0.324. The third kappa shape index (κ3) is 1.56. The maximum absolute atomic E-state index is 5.50. The molecule has 1 saturated heterocycles. The van der Waals surface area contributed by atoms with Crippen molar-refractivity contribution >= 4 is 23.4 Å². The van der Waals surface area contributed by atoms with Gasteiger partial charge in [0.15, 0.2) is 10.4 Å². The van der Waals surface area contributed by atoms with Crippen LogP contribution in [-0.4, -0.2) is 27.7 Å². The Hall–Kier alpha value is -1.20. The molecule has 3 heterocycles. The summed E-state index contributed by atoms with van der Waals surface area (Å²) in [5.74, 6) is 0. The molecule has 1 aliphatic heterocycles. The zero-order valence-electron chi connectivity index (χ0n) is 8.85. The lowest BCUT2D eigenvalue weighted by molar-refractivity contribution is 0.0599. The van der Waals surface area contributed by atoms with E-state index in [-0.39, 0.29) is 0 Å². The van der Waals surface area contributed by atoms with Gasteiger partial charge in [0, 0.05) is 12.8 Å². The van der Waals surface area contributed by atoms with Gasteiger partial charge in [-0.05, 0) is 37.2 Å². The minimum absolute atomic E-state index is 0.324. The molecule has 0 bridgehead atoms. The van der Waals surface area contributed by atoms with Crippen molar-refractivity contribution in [1.29, 1.82) is 0 Å². The Morgan fingerprint density at radius 2 is 2.50 bits per heavy atom. The zero-order chi connectivity index (χ0) is 11.0. The Kier molecular flexibility index (Phi) is 2.49. The Bertz CT molecular complexity index is 554. The molecule has 4 nitrogen and oxygen atoms in total. The Morgan fingerprint density at radius 1 is 1.56 bits per heavy atom. The van der Waals surface area contributed by atoms with Crippen molar-refractivity contribution in [2.75, 3.05) is 13.2 Å². The lowest BCUT2D eigenvalue weighted by Crippen LogP contribution is -2.21. The van der Waals surface area contributed by atoms with Crippen LogP contribution in [0.5, 0.6) is 0 Å². The third-order valence-electron chi connectivity index (χ3n) is 2.98. The quantitative estimate of drug-likeness (QED) is 0.772. The van der Waals surface area contributed by atoms with Crippen molar-refractivity contribution in [3.05, 3.63) is 23.1 Å². The van der Waals surface area contributed by atoms with Crippen LogP contribution < -0.4 is 0 Å². The number of nitrogens with zero attached hydrogens (tertiary/aromatic N) is 2. The molecule has 0 spiro atoms. The van der Waals surface area contributed by atoms with Crippen LogP contribution in [0, 0.1) is 4.77 Å². The first-order valence-corrected chi connectivity index (χ1v) is 5.90. The summed E-state index contributed by atoms with van der Waals surface area (Å²) in [5, 5.41) is 0. The molecule has 0 saturated carbocycles. The Balaban J connectivity index is 2.14. The largest absolute Gasteiger partial charge is 0.379 e. The van der Waals surface area contributed by atoms with Crippen molar-refractivity contribution in [3.8, 4) is 0 Å². The van der Waals surface area contributed by atoms with Gasteiger partial charge in [-0.3, -0.25) is 4.57 Å². The second-order valence-electron chi connectivity index (χ2n) is 4.05. The number of fused-ring (bicyclic) bond motifs is 1. The molecule has 1 aliphatic rings. The zero-order valence-corrected chi connectivity index (χ0v) is 9.67.